The molecule has 0 unspecified atom stereocenters. The summed E-state index contributed by atoms with van der Waals surface area (Å²) in [6.45, 7) is 4.11. The van der Waals surface area contributed by atoms with E-state index in [1.807, 2.05) is 13.1 Å². The Bertz CT molecular complexity index is 554. The van der Waals surface area contributed by atoms with Crippen molar-refractivity contribution in [1.82, 2.24) is 15.0 Å². The molecular formula is C12H13ClN4S. The average Bonchev–Trinajstić information content (AvgIpc) is 2.29. The maximum absolute atomic E-state index is 5.82. The van der Waals surface area contributed by atoms with Gasteiger partial charge in [0.25, 0.3) is 0 Å². The SMILES string of the molecule is Cc1cnc(CSc2nc(N)cc(Cl)n2)cc1C. The van der Waals surface area contributed by atoms with Gasteiger partial charge in [0.2, 0.25) is 0 Å². The molecule has 0 aromatic carbocycles. The number of aryl methyl sites for hydroxylation is 2. The number of halogens is 1. The van der Waals surface area contributed by atoms with Gasteiger partial charge in [-0.15, -0.1) is 0 Å². The maximum Gasteiger partial charge on any atom is 0.191 e. The highest BCUT2D eigenvalue weighted by Gasteiger charge is 2.04. The molecule has 0 amide bonds. The fourth-order valence-corrected chi connectivity index (χ4v) is 2.39. The van der Waals surface area contributed by atoms with Gasteiger partial charge in [-0.25, -0.2) is 9.97 Å². The van der Waals surface area contributed by atoms with Gasteiger partial charge in [-0.1, -0.05) is 23.4 Å². The molecule has 0 saturated heterocycles. The Labute approximate surface area is 115 Å². The number of rotatable bonds is 3. The van der Waals surface area contributed by atoms with E-state index < -0.39 is 0 Å². The molecule has 4 nitrogen and oxygen atoms in total. The highest BCUT2D eigenvalue weighted by atomic mass is 35.5. The summed E-state index contributed by atoms with van der Waals surface area (Å²) in [5, 5.41) is 0.929. The second kappa shape index (κ2) is 5.54. The first-order valence-corrected chi connectivity index (χ1v) is 6.76. The number of thioether (sulfide) groups is 1. The van der Waals surface area contributed by atoms with Crippen molar-refractivity contribution in [2.45, 2.75) is 24.8 Å². The number of nitrogens with zero attached hydrogens (tertiary/aromatic N) is 3. The van der Waals surface area contributed by atoms with Crippen LogP contribution in [0, 0.1) is 13.8 Å². The van der Waals surface area contributed by atoms with Crippen LogP contribution in [0.25, 0.3) is 0 Å². The largest absolute Gasteiger partial charge is 0.384 e. The highest BCUT2D eigenvalue weighted by Crippen LogP contribution is 2.21. The van der Waals surface area contributed by atoms with Gasteiger partial charge >= 0.3 is 0 Å². The van der Waals surface area contributed by atoms with Crippen molar-refractivity contribution in [3.8, 4) is 0 Å². The monoisotopic (exact) mass is 280 g/mol. The minimum Gasteiger partial charge on any atom is -0.384 e. The van der Waals surface area contributed by atoms with Crippen LogP contribution in [0.3, 0.4) is 0 Å². The van der Waals surface area contributed by atoms with E-state index in [1.165, 1.54) is 29.0 Å². The first-order valence-electron chi connectivity index (χ1n) is 5.39. The normalized spacial score (nSPS) is 10.6. The number of aromatic nitrogens is 3. The molecule has 0 aliphatic heterocycles. The molecule has 0 atom stereocenters. The number of pyridine rings is 1. The van der Waals surface area contributed by atoms with E-state index in [0.29, 0.717) is 21.9 Å². The zero-order chi connectivity index (χ0) is 13.1. The highest BCUT2D eigenvalue weighted by molar-refractivity contribution is 7.98. The van der Waals surface area contributed by atoms with Crippen LogP contribution in [-0.4, -0.2) is 15.0 Å². The van der Waals surface area contributed by atoms with Crippen LogP contribution >= 0.6 is 23.4 Å². The quantitative estimate of drug-likeness (QED) is 0.532. The van der Waals surface area contributed by atoms with E-state index in [4.69, 9.17) is 17.3 Å². The molecule has 0 spiro atoms. The number of anilines is 1. The van der Waals surface area contributed by atoms with Crippen LogP contribution in [0.2, 0.25) is 5.15 Å². The zero-order valence-corrected chi connectivity index (χ0v) is 11.7. The maximum atomic E-state index is 5.82. The van der Waals surface area contributed by atoms with Gasteiger partial charge in [0.05, 0.1) is 5.69 Å². The Morgan fingerprint density at radius 2 is 2.00 bits per heavy atom. The van der Waals surface area contributed by atoms with E-state index in [0.717, 1.165) is 5.69 Å². The van der Waals surface area contributed by atoms with Crippen molar-refractivity contribution in [3.63, 3.8) is 0 Å². The molecule has 0 aliphatic carbocycles. The number of nitrogens with two attached hydrogens (primary N) is 1. The summed E-state index contributed by atoms with van der Waals surface area (Å²) in [5.41, 5.74) is 9.01. The molecule has 0 bridgehead atoms. The van der Waals surface area contributed by atoms with Crippen molar-refractivity contribution in [3.05, 3.63) is 40.3 Å². The number of nitrogen functional groups attached to an aromatic ring is 1. The summed E-state index contributed by atoms with van der Waals surface area (Å²) in [4.78, 5) is 12.6. The summed E-state index contributed by atoms with van der Waals surface area (Å²) in [6.07, 6.45) is 1.87. The minimum absolute atomic E-state index is 0.359. The van der Waals surface area contributed by atoms with Crippen molar-refractivity contribution in [2.24, 2.45) is 0 Å². The third-order valence-electron chi connectivity index (χ3n) is 2.47. The molecule has 94 valence electrons. The zero-order valence-electron chi connectivity index (χ0n) is 10.1. The van der Waals surface area contributed by atoms with Gasteiger partial charge in [-0.3, -0.25) is 4.98 Å². The molecule has 2 aromatic rings. The van der Waals surface area contributed by atoms with Crippen LogP contribution in [0.1, 0.15) is 16.8 Å². The Morgan fingerprint density at radius 3 is 2.67 bits per heavy atom. The topological polar surface area (TPSA) is 64.7 Å². The first kappa shape index (κ1) is 13.1. The third kappa shape index (κ3) is 3.34. The molecule has 0 saturated carbocycles. The molecular weight excluding hydrogens is 268 g/mol. The summed E-state index contributed by atoms with van der Waals surface area (Å²) in [6, 6.07) is 3.59. The van der Waals surface area contributed by atoms with Crippen LogP contribution in [0.15, 0.2) is 23.5 Å². The fraction of sp³-hybridized carbons (Fsp3) is 0.250. The molecule has 6 heteroatoms. The summed E-state index contributed by atoms with van der Waals surface area (Å²) >= 11 is 7.29. The van der Waals surface area contributed by atoms with E-state index in [9.17, 15) is 0 Å². The predicted molar refractivity (Wildman–Crippen MR) is 74.7 cm³/mol. The molecule has 2 N–H and O–H groups in total. The van der Waals surface area contributed by atoms with Gasteiger partial charge in [-0.05, 0) is 31.0 Å². The summed E-state index contributed by atoms with van der Waals surface area (Å²) in [5.74, 6) is 1.08. The standard InChI is InChI=1S/C12H13ClN4S/c1-7-3-9(15-5-8(7)2)6-18-12-16-10(13)4-11(14)17-12/h3-5H,6H2,1-2H3,(H2,14,16,17). The number of hydrogen-bond donors (Lipinski definition) is 1. The van der Waals surface area contributed by atoms with E-state index in [1.54, 1.807) is 0 Å². The van der Waals surface area contributed by atoms with Crippen molar-refractivity contribution in [2.75, 3.05) is 5.73 Å². The lowest BCUT2D eigenvalue weighted by molar-refractivity contribution is 0.973. The van der Waals surface area contributed by atoms with E-state index in [2.05, 4.69) is 27.9 Å². The predicted octanol–water partition coefficient (Wildman–Crippen LogP) is 3.02. The van der Waals surface area contributed by atoms with Gasteiger partial charge in [0, 0.05) is 18.0 Å². The lowest BCUT2D eigenvalue weighted by Crippen LogP contribution is -1.96. The lowest BCUT2D eigenvalue weighted by Gasteiger charge is -2.04. The fourth-order valence-electron chi connectivity index (χ4n) is 1.38. The smallest absolute Gasteiger partial charge is 0.191 e. The molecule has 0 fully saturated rings. The van der Waals surface area contributed by atoms with Crippen LogP contribution in [0.4, 0.5) is 5.82 Å². The van der Waals surface area contributed by atoms with E-state index in [-0.39, 0.29) is 0 Å². The minimum atomic E-state index is 0.359. The van der Waals surface area contributed by atoms with E-state index >= 15 is 0 Å². The van der Waals surface area contributed by atoms with Crippen LogP contribution in [0.5, 0.6) is 0 Å². The second-order valence-electron chi connectivity index (χ2n) is 3.95. The van der Waals surface area contributed by atoms with Crippen LogP contribution < -0.4 is 5.73 Å². The van der Waals surface area contributed by atoms with Crippen molar-refractivity contribution in [1.29, 1.82) is 0 Å². The summed E-state index contributed by atoms with van der Waals surface area (Å²) < 4.78 is 0. The van der Waals surface area contributed by atoms with Crippen molar-refractivity contribution >= 4 is 29.2 Å². The van der Waals surface area contributed by atoms with Gasteiger partial charge < -0.3 is 5.73 Å². The number of hydrogen-bond acceptors (Lipinski definition) is 5. The van der Waals surface area contributed by atoms with Crippen molar-refractivity contribution < 1.29 is 0 Å². The Balaban J connectivity index is 2.08. The molecule has 2 rings (SSSR count). The second-order valence-corrected chi connectivity index (χ2v) is 5.28. The Morgan fingerprint density at radius 1 is 1.22 bits per heavy atom. The molecule has 2 aromatic heterocycles. The average molecular weight is 281 g/mol. The van der Waals surface area contributed by atoms with Crippen LogP contribution in [-0.2, 0) is 5.75 Å². The first-order chi connectivity index (χ1) is 8.54. The Hall–Kier alpha value is -1.33. The molecule has 18 heavy (non-hydrogen) atoms. The Kier molecular flexibility index (Phi) is 4.04. The molecule has 2 heterocycles. The van der Waals surface area contributed by atoms with Gasteiger partial charge in [0.15, 0.2) is 5.16 Å². The van der Waals surface area contributed by atoms with Gasteiger partial charge in [-0.2, -0.15) is 0 Å². The third-order valence-corrected chi connectivity index (χ3v) is 3.55. The molecule has 0 aliphatic rings. The van der Waals surface area contributed by atoms with Gasteiger partial charge in [0.1, 0.15) is 11.0 Å². The lowest BCUT2D eigenvalue weighted by atomic mass is 10.2. The summed E-state index contributed by atoms with van der Waals surface area (Å²) in [7, 11) is 0. The molecule has 0 radical (unpaired) electrons.